The van der Waals surface area contributed by atoms with E-state index < -0.39 is 4.87 Å². The number of carbonyl (C=O) groups is 3. The van der Waals surface area contributed by atoms with E-state index in [-0.39, 0.29) is 22.9 Å². The van der Waals surface area contributed by atoms with Crippen molar-refractivity contribution in [3.05, 3.63) is 28.8 Å². The quantitative estimate of drug-likeness (QED) is 0.751. The monoisotopic (exact) mass is 332 g/mol. The van der Waals surface area contributed by atoms with Crippen molar-refractivity contribution in [1.82, 2.24) is 10.3 Å². The van der Waals surface area contributed by atoms with Gasteiger partial charge in [-0.1, -0.05) is 17.7 Å². The Bertz CT molecular complexity index is 789. The van der Waals surface area contributed by atoms with Gasteiger partial charge in [0, 0.05) is 19.4 Å². The van der Waals surface area contributed by atoms with E-state index >= 15 is 0 Å². The third kappa shape index (κ3) is 2.21. The summed E-state index contributed by atoms with van der Waals surface area (Å²) in [5.74, 6) is -1.03. The van der Waals surface area contributed by atoms with Crippen LogP contribution >= 0.6 is 11.8 Å². The smallest absolute Gasteiger partial charge is 0.268 e. The molecule has 1 spiro atoms. The first-order valence-corrected chi connectivity index (χ1v) is 7.86. The molecule has 1 aromatic rings. The SMILES string of the molecule is CC(=O)NC1=NN(C(C)=O)[C@]2(S1)C(=O)Nc1c(C)cc(C)cc12. The number of nitrogens with one attached hydrogen (secondary N) is 2. The molecule has 0 radical (unpaired) electrons. The lowest BCUT2D eigenvalue weighted by molar-refractivity contribution is -0.138. The van der Waals surface area contributed by atoms with E-state index in [1.54, 1.807) is 0 Å². The average Bonchev–Trinajstić information content (AvgIpc) is 2.92. The summed E-state index contributed by atoms with van der Waals surface area (Å²) >= 11 is 1.06. The Balaban J connectivity index is 2.17. The molecule has 3 amide bonds. The summed E-state index contributed by atoms with van der Waals surface area (Å²) < 4.78 is 0. The van der Waals surface area contributed by atoms with Gasteiger partial charge in [0.1, 0.15) is 0 Å². The number of aryl methyl sites for hydroxylation is 2. The number of hydrogen-bond acceptors (Lipinski definition) is 5. The van der Waals surface area contributed by atoms with E-state index in [9.17, 15) is 14.4 Å². The van der Waals surface area contributed by atoms with Gasteiger partial charge in [0.15, 0.2) is 5.17 Å². The molecule has 7 nitrogen and oxygen atoms in total. The van der Waals surface area contributed by atoms with Gasteiger partial charge >= 0.3 is 0 Å². The number of amidine groups is 1. The van der Waals surface area contributed by atoms with E-state index in [4.69, 9.17) is 0 Å². The van der Waals surface area contributed by atoms with E-state index in [0.29, 0.717) is 11.3 Å². The predicted octanol–water partition coefficient (Wildman–Crippen LogP) is 1.41. The van der Waals surface area contributed by atoms with Crippen molar-refractivity contribution in [3.8, 4) is 0 Å². The van der Waals surface area contributed by atoms with Crippen LogP contribution in [0.2, 0.25) is 0 Å². The van der Waals surface area contributed by atoms with Crippen LogP contribution in [0.25, 0.3) is 0 Å². The Morgan fingerprint density at radius 3 is 2.61 bits per heavy atom. The Kier molecular flexibility index (Phi) is 3.44. The molecule has 2 N–H and O–H groups in total. The summed E-state index contributed by atoms with van der Waals surface area (Å²) in [4.78, 5) is 34.8. The van der Waals surface area contributed by atoms with Crippen LogP contribution in [0.3, 0.4) is 0 Å². The van der Waals surface area contributed by atoms with Crippen LogP contribution in [0.5, 0.6) is 0 Å². The second-order valence-electron chi connectivity index (χ2n) is 5.62. The number of hydrogen-bond donors (Lipinski definition) is 2. The normalized spacial score (nSPS) is 22.0. The largest absolute Gasteiger partial charge is 0.322 e. The molecule has 0 saturated heterocycles. The molecular weight excluding hydrogens is 316 g/mol. The highest BCUT2D eigenvalue weighted by Gasteiger charge is 2.58. The van der Waals surface area contributed by atoms with Crippen molar-refractivity contribution < 1.29 is 14.4 Å². The highest BCUT2D eigenvalue weighted by Crippen LogP contribution is 2.53. The topological polar surface area (TPSA) is 90.9 Å². The van der Waals surface area contributed by atoms with Crippen LogP contribution in [0.1, 0.15) is 30.5 Å². The number of amides is 3. The summed E-state index contributed by atoms with van der Waals surface area (Å²) in [5.41, 5.74) is 3.28. The van der Waals surface area contributed by atoms with Gasteiger partial charge in [0.25, 0.3) is 5.91 Å². The molecule has 0 bridgehead atoms. The fourth-order valence-corrected chi connectivity index (χ4v) is 4.16. The number of rotatable bonds is 0. The molecule has 0 fully saturated rings. The standard InChI is InChI=1S/C15H16N4O3S/c1-7-5-8(2)12-11(6-7)15(13(22)17-12)19(10(4)21)18-14(23-15)16-9(3)20/h5-6H,1-4H3,(H,17,22)(H,16,18,20)/t15-/m1/s1. The third-order valence-corrected chi connectivity index (χ3v) is 4.96. The number of anilines is 1. The molecule has 1 atom stereocenters. The fourth-order valence-electron chi connectivity index (χ4n) is 2.89. The maximum Gasteiger partial charge on any atom is 0.268 e. The van der Waals surface area contributed by atoms with Crippen molar-refractivity contribution in [2.75, 3.05) is 5.32 Å². The maximum atomic E-state index is 12.8. The minimum absolute atomic E-state index is 0.231. The molecule has 0 aromatic heterocycles. The van der Waals surface area contributed by atoms with Gasteiger partial charge in [-0.2, -0.15) is 5.01 Å². The van der Waals surface area contributed by atoms with Gasteiger partial charge in [-0.3, -0.25) is 14.4 Å². The number of benzene rings is 1. The highest BCUT2D eigenvalue weighted by molar-refractivity contribution is 8.15. The molecule has 120 valence electrons. The lowest BCUT2D eigenvalue weighted by Gasteiger charge is -2.28. The second-order valence-corrected chi connectivity index (χ2v) is 6.80. The van der Waals surface area contributed by atoms with Crippen LogP contribution in [-0.2, 0) is 19.3 Å². The molecule has 2 aliphatic heterocycles. The number of nitrogens with zero attached hydrogens (tertiary/aromatic N) is 2. The van der Waals surface area contributed by atoms with Gasteiger partial charge in [0.05, 0.1) is 5.69 Å². The van der Waals surface area contributed by atoms with Crippen molar-refractivity contribution >= 4 is 40.3 Å². The van der Waals surface area contributed by atoms with E-state index in [0.717, 1.165) is 27.9 Å². The average molecular weight is 332 g/mol. The van der Waals surface area contributed by atoms with Crippen molar-refractivity contribution in [2.45, 2.75) is 32.6 Å². The summed E-state index contributed by atoms with van der Waals surface area (Å²) in [6, 6.07) is 3.83. The molecule has 0 aliphatic carbocycles. The van der Waals surface area contributed by atoms with Gasteiger partial charge < -0.3 is 10.6 Å². The van der Waals surface area contributed by atoms with Crippen molar-refractivity contribution in [3.63, 3.8) is 0 Å². The van der Waals surface area contributed by atoms with Gasteiger partial charge in [-0.25, -0.2) is 0 Å². The first kappa shape index (κ1) is 15.5. The first-order chi connectivity index (χ1) is 10.8. The molecule has 1 aromatic carbocycles. The van der Waals surface area contributed by atoms with Crippen LogP contribution in [0.4, 0.5) is 5.69 Å². The Hall–Kier alpha value is -2.35. The number of thioether (sulfide) groups is 1. The summed E-state index contributed by atoms with van der Waals surface area (Å²) in [5, 5.41) is 10.9. The second kappa shape index (κ2) is 5.09. The zero-order valence-electron chi connectivity index (χ0n) is 13.2. The predicted molar refractivity (Wildman–Crippen MR) is 87.6 cm³/mol. The number of carbonyl (C=O) groups excluding carboxylic acids is 3. The number of hydrazone groups is 1. The Morgan fingerprint density at radius 1 is 1.30 bits per heavy atom. The molecule has 3 rings (SSSR count). The van der Waals surface area contributed by atoms with Crippen LogP contribution in [0, 0.1) is 13.8 Å². The number of fused-ring (bicyclic) bond motifs is 2. The summed E-state index contributed by atoms with van der Waals surface area (Å²) in [6.45, 7) is 6.52. The summed E-state index contributed by atoms with van der Waals surface area (Å²) in [7, 11) is 0. The van der Waals surface area contributed by atoms with Crippen LogP contribution in [0.15, 0.2) is 17.2 Å². The molecule has 0 saturated carbocycles. The van der Waals surface area contributed by atoms with Gasteiger partial charge in [0.2, 0.25) is 16.7 Å². The molecule has 0 unspecified atom stereocenters. The Labute approximate surface area is 137 Å². The minimum atomic E-state index is -1.31. The van der Waals surface area contributed by atoms with E-state index in [1.165, 1.54) is 13.8 Å². The fraction of sp³-hybridized carbons (Fsp3) is 0.333. The first-order valence-electron chi connectivity index (χ1n) is 7.05. The zero-order chi connectivity index (χ0) is 16.9. The zero-order valence-corrected chi connectivity index (χ0v) is 14.0. The van der Waals surface area contributed by atoms with Crippen LogP contribution < -0.4 is 10.6 Å². The van der Waals surface area contributed by atoms with Crippen molar-refractivity contribution in [1.29, 1.82) is 0 Å². The lowest BCUT2D eigenvalue weighted by atomic mass is 10.0. The van der Waals surface area contributed by atoms with E-state index in [1.807, 2.05) is 26.0 Å². The Morgan fingerprint density at radius 2 is 2.00 bits per heavy atom. The minimum Gasteiger partial charge on any atom is -0.322 e. The molecule has 8 heteroatoms. The maximum absolute atomic E-state index is 12.8. The summed E-state index contributed by atoms with van der Waals surface area (Å²) in [6.07, 6.45) is 0. The molecule has 2 aliphatic rings. The van der Waals surface area contributed by atoms with E-state index in [2.05, 4.69) is 15.7 Å². The molecule has 2 heterocycles. The third-order valence-electron chi connectivity index (χ3n) is 3.71. The lowest BCUT2D eigenvalue weighted by Crippen LogP contribution is -2.45. The molecule has 23 heavy (non-hydrogen) atoms. The van der Waals surface area contributed by atoms with Gasteiger partial charge in [-0.05, 0) is 31.2 Å². The van der Waals surface area contributed by atoms with Gasteiger partial charge in [-0.15, -0.1) is 5.10 Å². The van der Waals surface area contributed by atoms with Crippen LogP contribution in [-0.4, -0.2) is 27.9 Å². The molecular formula is C15H16N4O3S. The highest BCUT2D eigenvalue weighted by atomic mass is 32.2. The van der Waals surface area contributed by atoms with Crippen molar-refractivity contribution in [2.24, 2.45) is 5.10 Å².